The minimum Gasteiger partial charge on any atom is -0.396 e. The van der Waals surface area contributed by atoms with Crippen molar-refractivity contribution in [1.82, 2.24) is 4.90 Å². The zero-order valence-electron chi connectivity index (χ0n) is 9.12. The number of nitrogens with zero attached hydrogens (tertiary/aromatic N) is 1. The fourth-order valence-electron chi connectivity index (χ4n) is 1.44. The van der Waals surface area contributed by atoms with Gasteiger partial charge in [0.1, 0.15) is 0 Å². The predicted molar refractivity (Wildman–Crippen MR) is 57.7 cm³/mol. The molecule has 2 heteroatoms. The Kier molecular flexibility index (Phi) is 6.55. The van der Waals surface area contributed by atoms with Gasteiger partial charge in [-0.3, -0.25) is 0 Å². The molecule has 13 heavy (non-hydrogen) atoms. The smallest absolute Gasteiger partial charge is 0.0449 e. The topological polar surface area (TPSA) is 23.5 Å². The second kappa shape index (κ2) is 6.87. The summed E-state index contributed by atoms with van der Waals surface area (Å²) in [6.45, 7) is 4.27. The van der Waals surface area contributed by atoms with Gasteiger partial charge in [-0.1, -0.05) is 18.2 Å². The van der Waals surface area contributed by atoms with E-state index in [1.807, 2.05) is 34.0 Å². The number of likely N-dealkylation sites (N-methyl/N-ethyl adjacent to an activating group) is 1. The Morgan fingerprint density at radius 3 is 2.31 bits per heavy atom. The van der Waals surface area contributed by atoms with Gasteiger partial charge in [-0.15, -0.1) is 0 Å². The van der Waals surface area contributed by atoms with Gasteiger partial charge in [-0.05, 0) is 39.9 Å². The lowest BCUT2D eigenvalue weighted by molar-refractivity contribution is 0.230. The van der Waals surface area contributed by atoms with Gasteiger partial charge in [0.25, 0.3) is 0 Å². The maximum atomic E-state index is 8.92. The van der Waals surface area contributed by atoms with Gasteiger partial charge >= 0.3 is 0 Å². The first-order chi connectivity index (χ1) is 6.17. The summed E-state index contributed by atoms with van der Waals surface area (Å²) in [7, 11) is 4.07. The molecule has 0 aromatic rings. The van der Waals surface area contributed by atoms with Gasteiger partial charge in [0.05, 0.1) is 0 Å². The largest absolute Gasteiger partial charge is 0.396 e. The van der Waals surface area contributed by atoms with Gasteiger partial charge < -0.3 is 10.0 Å². The van der Waals surface area contributed by atoms with Gasteiger partial charge in [-0.25, -0.2) is 0 Å². The van der Waals surface area contributed by atoms with Gasteiger partial charge in [0.2, 0.25) is 0 Å². The van der Waals surface area contributed by atoms with Crippen molar-refractivity contribution in [3.8, 4) is 0 Å². The maximum absolute atomic E-state index is 8.92. The van der Waals surface area contributed by atoms with Crippen LogP contribution in [0.2, 0.25) is 0 Å². The summed E-state index contributed by atoms with van der Waals surface area (Å²) >= 11 is 0. The first kappa shape index (κ1) is 12.4. The van der Waals surface area contributed by atoms with Crippen LogP contribution >= 0.6 is 0 Å². The lowest BCUT2D eigenvalue weighted by Gasteiger charge is -2.24. The molecule has 0 aliphatic rings. The van der Waals surface area contributed by atoms with E-state index in [1.165, 1.54) is 5.57 Å². The van der Waals surface area contributed by atoms with Crippen molar-refractivity contribution in [3.63, 3.8) is 0 Å². The van der Waals surface area contributed by atoms with E-state index in [-0.39, 0.29) is 6.61 Å². The van der Waals surface area contributed by atoms with Crippen molar-refractivity contribution < 1.29 is 5.11 Å². The molecule has 0 amide bonds. The molecule has 0 saturated heterocycles. The highest BCUT2D eigenvalue weighted by Gasteiger charge is 2.12. The monoisotopic (exact) mass is 183 g/mol. The number of aliphatic hydroxyl groups is 1. The second-order valence-corrected chi connectivity index (χ2v) is 3.28. The molecule has 0 unspecified atom stereocenters. The molecule has 0 saturated carbocycles. The molecule has 0 aliphatic heterocycles. The number of allylic oxidation sites excluding steroid dienone is 2. The van der Waals surface area contributed by atoms with Crippen LogP contribution in [-0.4, -0.2) is 36.8 Å². The number of rotatable bonds is 5. The van der Waals surface area contributed by atoms with Crippen LogP contribution in [0.15, 0.2) is 23.8 Å². The van der Waals surface area contributed by atoms with Crippen molar-refractivity contribution in [2.24, 2.45) is 0 Å². The number of hydrogen-bond donors (Lipinski definition) is 1. The third kappa shape index (κ3) is 4.25. The Hall–Kier alpha value is -0.600. The molecule has 0 spiro atoms. The Bertz CT molecular complexity index is 183. The van der Waals surface area contributed by atoms with Gasteiger partial charge in [0, 0.05) is 12.6 Å². The molecule has 0 rings (SSSR count). The third-order valence-corrected chi connectivity index (χ3v) is 2.10. The van der Waals surface area contributed by atoms with Crippen molar-refractivity contribution in [2.75, 3.05) is 20.7 Å². The first-order valence-corrected chi connectivity index (χ1v) is 4.73. The summed E-state index contributed by atoms with van der Waals surface area (Å²) in [5.41, 5.74) is 1.27. The molecule has 76 valence electrons. The van der Waals surface area contributed by atoms with E-state index in [1.54, 1.807) is 0 Å². The molecule has 2 nitrogen and oxygen atoms in total. The van der Waals surface area contributed by atoms with E-state index in [4.69, 9.17) is 5.11 Å². The average Bonchev–Trinajstić information content (AvgIpc) is 2.10. The minimum absolute atomic E-state index is 0.234. The highest BCUT2D eigenvalue weighted by molar-refractivity contribution is 5.23. The Balaban J connectivity index is 4.49. The van der Waals surface area contributed by atoms with Crippen molar-refractivity contribution in [3.05, 3.63) is 23.8 Å². The van der Waals surface area contributed by atoms with Crippen molar-refractivity contribution >= 4 is 0 Å². The molecular weight excluding hydrogens is 162 g/mol. The van der Waals surface area contributed by atoms with E-state index in [9.17, 15) is 0 Å². The summed E-state index contributed by atoms with van der Waals surface area (Å²) in [6, 6.07) is 0.325. The molecule has 0 aliphatic carbocycles. The second-order valence-electron chi connectivity index (χ2n) is 3.28. The average molecular weight is 183 g/mol. The van der Waals surface area contributed by atoms with E-state index >= 15 is 0 Å². The van der Waals surface area contributed by atoms with Crippen LogP contribution < -0.4 is 0 Å². The molecule has 0 aromatic carbocycles. The predicted octanol–water partition coefficient (Wildman–Crippen LogP) is 1.82. The number of hydrogen-bond acceptors (Lipinski definition) is 2. The fraction of sp³-hybridized carbons (Fsp3) is 0.636. The zero-order chi connectivity index (χ0) is 10.3. The van der Waals surface area contributed by atoms with Crippen LogP contribution in [0.5, 0.6) is 0 Å². The summed E-state index contributed by atoms with van der Waals surface area (Å²) in [5, 5.41) is 8.92. The molecule has 0 heterocycles. The molecular formula is C11H21NO. The lowest BCUT2D eigenvalue weighted by Crippen LogP contribution is -2.30. The highest BCUT2D eigenvalue weighted by Crippen LogP contribution is 2.12. The van der Waals surface area contributed by atoms with E-state index in [0.717, 1.165) is 6.42 Å². The third-order valence-electron chi connectivity index (χ3n) is 2.10. The van der Waals surface area contributed by atoms with Crippen LogP contribution in [0.4, 0.5) is 0 Å². The van der Waals surface area contributed by atoms with Crippen molar-refractivity contribution in [2.45, 2.75) is 26.3 Å². The molecule has 0 fully saturated rings. The summed E-state index contributed by atoms with van der Waals surface area (Å²) < 4.78 is 0. The van der Waals surface area contributed by atoms with Crippen LogP contribution in [0.1, 0.15) is 20.3 Å². The van der Waals surface area contributed by atoms with Gasteiger partial charge in [0.15, 0.2) is 0 Å². The molecule has 1 N–H and O–H groups in total. The van der Waals surface area contributed by atoms with Crippen LogP contribution in [-0.2, 0) is 0 Å². The van der Waals surface area contributed by atoms with E-state index in [2.05, 4.69) is 17.1 Å². The zero-order valence-corrected chi connectivity index (χ0v) is 9.12. The van der Waals surface area contributed by atoms with E-state index in [0.29, 0.717) is 6.04 Å². The molecule has 0 bridgehead atoms. The molecule has 0 aromatic heterocycles. The lowest BCUT2D eigenvalue weighted by atomic mass is 10.0. The highest BCUT2D eigenvalue weighted by atomic mass is 16.3. The SMILES string of the molecule is C/C=C\C(=C/C)[C@@H](CCO)N(C)C. The Labute approximate surface area is 81.6 Å². The summed E-state index contributed by atoms with van der Waals surface area (Å²) in [6.07, 6.45) is 7.01. The van der Waals surface area contributed by atoms with Crippen LogP contribution in [0.25, 0.3) is 0 Å². The normalized spacial score (nSPS) is 15.7. The van der Waals surface area contributed by atoms with Crippen LogP contribution in [0.3, 0.4) is 0 Å². The summed E-state index contributed by atoms with van der Waals surface area (Å²) in [4.78, 5) is 2.13. The Morgan fingerprint density at radius 1 is 1.38 bits per heavy atom. The van der Waals surface area contributed by atoms with Crippen LogP contribution in [0, 0.1) is 0 Å². The number of aliphatic hydroxyl groups excluding tert-OH is 1. The Morgan fingerprint density at radius 2 is 2.00 bits per heavy atom. The maximum Gasteiger partial charge on any atom is 0.0449 e. The quantitative estimate of drug-likeness (QED) is 0.657. The van der Waals surface area contributed by atoms with E-state index < -0.39 is 0 Å². The molecule has 0 radical (unpaired) electrons. The van der Waals surface area contributed by atoms with Gasteiger partial charge in [-0.2, -0.15) is 0 Å². The summed E-state index contributed by atoms with van der Waals surface area (Å²) in [5.74, 6) is 0. The van der Waals surface area contributed by atoms with Crippen molar-refractivity contribution in [1.29, 1.82) is 0 Å². The first-order valence-electron chi connectivity index (χ1n) is 4.73. The minimum atomic E-state index is 0.234. The fourth-order valence-corrected chi connectivity index (χ4v) is 1.44. The standard InChI is InChI=1S/C11H21NO/c1-5-7-10(6-2)11(8-9-13)12(3)4/h5-7,11,13H,8-9H2,1-4H3/b7-5-,10-6+/t11-/m1/s1. The molecule has 1 atom stereocenters.